The zero-order valence-electron chi connectivity index (χ0n) is 17.3. The molecule has 1 aromatic rings. The molecule has 0 aliphatic carbocycles. The fourth-order valence-electron chi connectivity index (χ4n) is 2.77. The number of hydrogen-bond acceptors (Lipinski definition) is 4. The Balaban J connectivity index is 0.000000592. The Hall–Kier alpha value is -2.69. The zero-order chi connectivity index (χ0) is 23.4. The molecule has 174 valence electrons. The van der Waals surface area contributed by atoms with E-state index >= 15 is 0 Å². The fraction of sp³-hybridized carbons (Fsp3) is 0.550. The molecule has 7 nitrogen and oxygen atoms in total. The van der Waals surface area contributed by atoms with Crippen LogP contribution in [0.4, 0.5) is 17.6 Å². The molecule has 2 amide bonds. The number of nitrogens with one attached hydrogen (secondary N) is 1. The number of halogens is 4. The van der Waals surface area contributed by atoms with E-state index in [1.165, 1.54) is 18.2 Å². The number of alkyl halides is 3. The van der Waals surface area contributed by atoms with E-state index in [1.807, 2.05) is 4.90 Å². The monoisotopic (exact) mass is 449 g/mol. The van der Waals surface area contributed by atoms with Gasteiger partial charge in [-0.3, -0.25) is 9.59 Å². The van der Waals surface area contributed by atoms with Crippen molar-refractivity contribution in [2.75, 3.05) is 39.3 Å². The van der Waals surface area contributed by atoms with Crippen LogP contribution in [0.2, 0.25) is 0 Å². The van der Waals surface area contributed by atoms with Crippen LogP contribution in [0.25, 0.3) is 0 Å². The SMILES string of the molecule is CCCCN(CCC(=O)N1CCNCC1)C(=O)c1cccc(F)c1.O=C(O)C(F)(F)F. The van der Waals surface area contributed by atoms with E-state index in [1.54, 1.807) is 11.0 Å². The van der Waals surface area contributed by atoms with Crippen LogP contribution < -0.4 is 5.32 Å². The van der Waals surface area contributed by atoms with Crippen LogP contribution in [-0.2, 0) is 9.59 Å². The number of amides is 2. The Labute approximate surface area is 178 Å². The molecule has 1 heterocycles. The Bertz CT molecular complexity index is 737. The third kappa shape index (κ3) is 9.77. The molecule has 1 aliphatic heterocycles. The number of carboxylic acid groups (broad SMARTS) is 1. The van der Waals surface area contributed by atoms with Gasteiger partial charge in [0.2, 0.25) is 5.91 Å². The van der Waals surface area contributed by atoms with Crippen molar-refractivity contribution < 1.29 is 37.1 Å². The van der Waals surface area contributed by atoms with Gasteiger partial charge in [0.05, 0.1) is 0 Å². The maximum Gasteiger partial charge on any atom is 0.490 e. The van der Waals surface area contributed by atoms with E-state index in [4.69, 9.17) is 9.90 Å². The second-order valence-electron chi connectivity index (χ2n) is 6.84. The predicted molar refractivity (Wildman–Crippen MR) is 105 cm³/mol. The number of piperazine rings is 1. The first-order chi connectivity index (χ1) is 14.6. The Morgan fingerprint density at radius 1 is 1.16 bits per heavy atom. The molecule has 0 unspecified atom stereocenters. The van der Waals surface area contributed by atoms with Crippen LogP contribution in [0.1, 0.15) is 36.5 Å². The number of rotatable bonds is 7. The van der Waals surface area contributed by atoms with Gasteiger partial charge >= 0.3 is 12.1 Å². The highest BCUT2D eigenvalue weighted by Crippen LogP contribution is 2.13. The lowest BCUT2D eigenvalue weighted by molar-refractivity contribution is -0.192. The molecule has 1 aliphatic rings. The summed E-state index contributed by atoms with van der Waals surface area (Å²) < 4.78 is 45.1. The maximum absolute atomic E-state index is 13.4. The lowest BCUT2D eigenvalue weighted by atomic mass is 10.1. The van der Waals surface area contributed by atoms with E-state index in [-0.39, 0.29) is 11.8 Å². The number of carboxylic acids is 1. The highest BCUT2D eigenvalue weighted by molar-refractivity contribution is 5.94. The number of aliphatic carboxylic acids is 1. The molecule has 0 atom stereocenters. The first-order valence-corrected chi connectivity index (χ1v) is 9.89. The third-order valence-corrected chi connectivity index (χ3v) is 4.45. The second-order valence-corrected chi connectivity index (χ2v) is 6.84. The topological polar surface area (TPSA) is 90.0 Å². The number of benzene rings is 1. The van der Waals surface area contributed by atoms with Crippen molar-refractivity contribution in [1.82, 2.24) is 15.1 Å². The highest BCUT2D eigenvalue weighted by Gasteiger charge is 2.38. The maximum atomic E-state index is 13.4. The minimum atomic E-state index is -5.08. The molecule has 1 fully saturated rings. The standard InChI is InChI=1S/C18H26FN3O2.C2HF3O2/c1-2-3-10-22(18(24)15-5-4-6-16(19)14-15)11-7-17(23)21-12-8-20-9-13-21;3-2(4,5)1(6)7/h4-6,14,20H,2-3,7-13H2,1H3;(H,6,7). The summed E-state index contributed by atoms with van der Waals surface area (Å²) in [4.78, 5) is 37.3. The molecule has 2 rings (SSSR count). The molecular weight excluding hydrogens is 422 g/mol. The summed E-state index contributed by atoms with van der Waals surface area (Å²) in [6.07, 6.45) is -2.95. The van der Waals surface area contributed by atoms with Crippen LogP contribution in [0.3, 0.4) is 0 Å². The summed E-state index contributed by atoms with van der Waals surface area (Å²) in [5.74, 6) is -3.32. The summed E-state index contributed by atoms with van der Waals surface area (Å²) in [6, 6.07) is 5.72. The third-order valence-electron chi connectivity index (χ3n) is 4.45. The molecule has 1 saturated heterocycles. The van der Waals surface area contributed by atoms with Crippen LogP contribution in [0.15, 0.2) is 24.3 Å². The van der Waals surface area contributed by atoms with E-state index in [0.717, 1.165) is 25.9 Å². The van der Waals surface area contributed by atoms with Gasteiger partial charge in [0.15, 0.2) is 0 Å². The first-order valence-electron chi connectivity index (χ1n) is 9.89. The first kappa shape index (κ1) is 26.3. The fourth-order valence-corrected chi connectivity index (χ4v) is 2.77. The number of carbonyl (C=O) groups is 3. The van der Waals surface area contributed by atoms with Gasteiger partial charge in [-0.25, -0.2) is 9.18 Å². The van der Waals surface area contributed by atoms with E-state index < -0.39 is 18.0 Å². The van der Waals surface area contributed by atoms with Crippen molar-refractivity contribution in [3.63, 3.8) is 0 Å². The average Bonchev–Trinajstić information content (AvgIpc) is 2.73. The van der Waals surface area contributed by atoms with Crippen molar-refractivity contribution >= 4 is 17.8 Å². The molecule has 31 heavy (non-hydrogen) atoms. The number of carbonyl (C=O) groups excluding carboxylic acids is 2. The molecular formula is C20H27F4N3O4. The van der Waals surface area contributed by atoms with Gasteiger partial charge in [-0.15, -0.1) is 0 Å². The molecule has 2 N–H and O–H groups in total. The molecule has 0 saturated carbocycles. The van der Waals surface area contributed by atoms with Crippen LogP contribution in [-0.4, -0.2) is 78.1 Å². The number of nitrogens with zero attached hydrogens (tertiary/aromatic N) is 2. The van der Waals surface area contributed by atoms with Gasteiger partial charge in [0, 0.05) is 51.3 Å². The predicted octanol–water partition coefficient (Wildman–Crippen LogP) is 2.52. The van der Waals surface area contributed by atoms with Crippen molar-refractivity contribution in [2.24, 2.45) is 0 Å². The zero-order valence-corrected chi connectivity index (χ0v) is 17.3. The van der Waals surface area contributed by atoms with Crippen LogP contribution >= 0.6 is 0 Å². The van der Waals surface area contributed by atoms with Gasteiger partial charge in [-0.1, -0.05) is 19.4 Å². The van der Waals surface area contributed by atoms with E-state index in [0.29, 0.717) is 38.2 Å². The van der Waals surface area contributed by atoms with Crippen LogP contribution in [0.5, 0.6) is 0 Å². The van der Waals surface area contributed by atoms with Crippen molar-refractivity contribution in [2.45, 2.75) is 32.4 Å². The molecule has 0 spiro atoms. The van der Waals surface area contributed by atoms with E-state index in [2.05, 4.69) is 12.2 Å². The average molecular weight is 449 g/mol. The minimum absolute atomic E-state index is 0.0741. The largest absolute Gasteiger partial charge is 0.490 e. The number of hydrogen-bond donors (Lipinski definition) is 2. The van der Waals surface area contributed by atoms with Crippen LogP contribution in [0, 0.1) is 5.82 Å². The Morgan fingerprint density at radius 2 is 1.77 bits per heavy atom. The van der Waals surface area contributed by atoms with Gasteiger partial charge in [-0.05, 0) is 24.6 Å². The molecule has 11 heteroatoms. The summed E-state index contributed by atoms with van der Waals surface area (Å²) in [7, 11) is 0. The van der Waals surface area contributed by atoms with Crippen molar-refractivity contribution in [3.8, 4) is 0 Å². The van der Waals surface area contributed by atoms with Gasteiger partial charge < -0.3 is 20.2 Å². The lowest BCUT2D eigenvalue weighted by Gasteiger charge is -2.29. The molecule has 0 radical (unpaired) electrons. The summed E-state index contributed by atoms with van der Waals surface area (Å²) in [5.41, 5.74) is 0.334. The van der Waals surface area contributed by atoms with Crippen molar-refractivity contribution in [1.29, 1.82) is 0 Å². The van der Waals surface area contributed by atoms with Gasteiger partial charge in [0.1, 0.15) is 5.82 Å². The molecule has 0 aromatic heterocycles. The summed E-state index contributed by atoms with van der Waals surface area (Å²) in [5, 5.41) is 10.3. The Morgan fingerprint density at radius 3 is 2.29 bits per heavy atom. The minimum Gasteiger partial charge on any atom is -0.475 e. The second kappa shape index (κ2) is 12.9. The van der Waals surface area contributed by atoms with Gasteiger partial charge in [0.25, 0.3) is 5.91 Å². The molecule has 1 aromatic carbocycles. The highest BCUT2D eigenvalue weighted by atomic mass is 19.4. The lowest BCUT2D eigenvalue weighted by Crippen LogP contribution is -2.47. The summed E-state index contributed by atoms with van der Waals surface area (Å²) >= 11 is 0. The number of unbranched alkanes of at least 4 members (excludes halogenated alkanes) is 1. The van der Waals surface area contributed by atoms with E-state index in [9.17, 15) is 27.2 Å². The van der Waals surface area contributed by atoms with Gasteiger partial charge in [-0.2, -0.15) is 13.2 Å². The summed E-state index contributed by atoms with van der Waals surface area (Å²) in [6.45, 7) is 6.06. The Kier molecular flexibility index (Phi) is 10.9. The quantitative estimate of drug-likeness (QED) is 0.625. The smallest absolute Gasteiger partial charge is 0.475 e. The van der Waals surface area contributed by atoms with Crippen molar-refractivity contribution in [3.05, 3.63) is 35.6 Å². The normalized spacial score (nSPS) is 13.8. The molecule has 0 bridgehead atoms.